The van der Waals surface area contributed by atoms with Gasteiger partial charge in [0.05, 0.1) is 17.1 Å². The summed E-state index contributed by atoms with van der Waals surface area (Å²) < 4.78 is 0. The summed E-state index contributed by atoms with van der Waals surface area (Å²) >= 11 is 0. The quantitative estimate of drug-likeness (QED) is 0.644. The van der Waals surface area contributed by atoms with Crippen LogP contribution < -0.4 is 5.73 Å². The standard InChI is InChI=1S/C11H12N4/c12-6-8-9(7-13)15-10(14)11(8)4-2-1-3-5-11/h1-5H2,(H2,14,15). The lowest BCUT2D eigenvalue weighted by Gasteiger charge is -2.33. The molecule has 0 atom stereocenters. The average molecular weight is 200 g/mol. The van der Waals surface area contributed by atoms with Gasteiger partial charge in [-0.25, -0.2) is 4.99 Å². The van der Waals surface area contributed by atoms with Gasteiger partial charge in [-0.1, -0.05) is 19.3 Å². The molecule has 1 heterocycles. The van der Waals surface area contributed by atoms with Crippen molar-refractivity contribution in [3.8, 4) is 12.1 Å². The van der Waals surface area contributed by atoms with E-state index in [0.717, 1.165) is 25.7 Å². The lowest BCUT2D eigenvalue weighted by atomic mass is 9.69. The van der Waals surface area contributed by atoms with Crippen LogP contribution in [-0.2, 0) is 0 Å². The third kappa shape index (κ3) is 1.22. The first kappa shape index (κ1) is 9.73. The van der Waals surface area contributed by atoms with Gasteiger partial charge in [-0.05, 0) is 12.8 Å². The largest absolute Gasteiger partial charge is 0.386 e. The van der Waals surface area contributed by atoms with Crippen molar-refractivity contribution in [3.63, 3.8) is 0 Å². The van der Waals surface area contributed by atoms with E-state index in [1.165, 1.54) is 6.42 Å². The number of aliphatic imine (C=N–C) groups is 1. The maximum absolute atomic E-state index is 9.11. The Kier molecular flexibility index (Phi) is 2.21. The van der Waals surface area contributed by atoms with E-state index in [4.69, 9.17) is 16.3 Å². The topological polar surface area (TPSA) is 86.0 Å². The Bertz CT molecular complexity index is 424. The molecule has 0 aromatic heterocycles. The molecular formula is C11H12N4. The molecule has 0 aromatic carbocycles. The van der Waals surface area contributed by atoms with Crippen molar-refractivity contribution < 1.29 is 0 Å². The van der Waals surface area contributed by atoms with E-state index < -0.39 is 5.41 Å². The van der Waals surface area contributed by atoms with Crippen molar-refractivity contribution >= 4 is 5.84 Å². The second-order valence-corrected chi connectivity index (χ2v) is 4.09. The zero-order valence-electron chi connectivity index (χ0n) is 8.45. The number of nitrogens with two attached hydrogens (primary N) is 1. The van der Waals surface area contributed by atoms with Crippen molar-refractivity contribution in [1.29, 1.82) is 10.5 Å². The Balaban J connectivity index is 2.49. The summed E-state index contributed by atoms with van der Waals surface area (Å²) in [5, 5.41) is 18.0. The highest BCUT2D eigenvalue weighted by atomic mass is 14.9. The maximum Gasteiger partial charge on any atom is 0.157 e. The van der Waals surface area contributed by atoms with Gasteiger partial charge in [0, 0.05) is 0 Å². The summed E-state index contributed by atoms with van der Waals surface area (Å²) in [5.41, 5.74) is 6.19. The number of rotatable bonds is 0. The number of nitrogens with zero attached hydrogens (tertiary/aromatic N) is 3. The highest BCUT2D eigenvalue weighted by Gasteiger charge is 2.45. The normalized spacial score (nSPS) is 23.5. The van der Waals surface area contributed by atoms with E-state index in [1.54, 1.807) is 0 Å². The fourth-order valence-electron chi connectivity index (χ4n) is 2.54. The summed E-state index contributed by atoms with van der Waals surface area (Å²) in [6.45, 7) is 0. The number of hydrogen-bond acceptors (Lipinski definition) is 4. The number of hydrogen-bond donors (Lipinski definition) is 1. The van der Waals surface area contributed by atoms with Crippen molar-refractivity contribution in [2.75, 3.05) is 0 Å². The molecule has 0 bridgehead atoms. The molecular weight excluding hydrogens is 188 g/mol. The SMILES string of the molecule is N#CC1=C(C#N)C2(CCCCC2)C(N)=N1. The Labute approximate surface area is 88.7 Å². The monoisotopic (exact) mass is 200 g/mol. The first-order chi connectivity index (χ1) is 7.24. The van der Waals surface area contributed by atoms with Gasteiger partial charge in [-0.15, -0.1) is 0 Å². The molecule has 76 valence electrons. The fraction of sp³-hybridized carbons (Fsp3) is 0.545. The molecule has 1 spiro atoms. The zero-order valence-corrected chi connectivity index (χ0v) is 8.45. The molecule has 2 aliphatic rings. The summed E-state index contributed by atoms with van der Waals surface area (Å²) in [7, 11) is 0. The van der Waals surface area contributed by atoms with Crippen LogP contribution in [0.4, 0.5) is 0 Å². The van der Waals surface area contributed by atoms with Crippen molar-refractivity contribution in [1.82, 2.24) is 0 Å². The van der Waals surface area contributed by atoms with E-state index in [0.29, 0.717) is 11.4 Å². The summed E-state index contributed by atoms with van der Waals surface area (Å²) in [4.78, 5) is 4.03. The van der Waals surface area contributed by atoms with Crippen LogP contribution in [0.1, 0.15) is 32.1 Å². The summed E-state index contributed by atoms with van der Waals surface area (Å²) in [5.74, 6) is 0.468. The average Bonchev–Trinajstić information content (AvgIpc) is 2.53. The minimum absolute atomic E-state index is 0.219. The van der Waals surface area contributed by atoms with Crippen LogP contribution in [0.5, 0.6) is 0 Å². The third-order valence-electron chi connectivity index (χ3n) is 3.36. The van der Waals surface area contributed by atoms with Gasteiger partial charge >= 0.3 is 0 Å². The highest BCUT2D eigenvalue weighted by molar-refractivity contribution is 5.95. The summed E-state index contributed by atoms with van der Waals surface area (Å²) in [6.07, 6.45) is 5.00. The molecule has 0 amide bonds. The predicted molar refractivity (Wildman–Crippen MR) is 55.4 cm³/mol. The Morgan fingerprint density at radius 2 is 1.80 bits per heavy atom. The van der Waals surface area contributed by atoms with Crippen LogP contribution in [-0.4, -0.2) is 5.84 Å². The number of allylic oxidation sites excluding steroid dienone is 1. The van der Waals surface area contributed by atoms with Crippen LogP contribution in [0.15, 0.2) is 16.3 Å². The molecule has 0 aromatic rings. The molecule has 1 aliphatic carbocycles. The first-order valence-corrected chi connectivity index (χ1v) is 5.14. The van der Waals surface area contributed by atoms with Gasteiger partial charge in [0.25, 0.3) is 0 Å². The van der Waals surface area contributed by atoms with Crippen molar-refractivity contribution in [2.24, 2.45) is 16.1 Å². The lowest BCUT2D eigenvalue weighted by Crippen LogP contribution is -2.37. The highest BCUT2D eigenvalue weighted by Crippen LogP contribution is 2.46. The van der Waals surface area contributed by atoms with Crippen LogP contribution in [0.2, 0.25) is 0 Å². The molecule has 2 N–H and O–H groups in total. The maximum atomic E-state index is 9.11. The molecule has 1 aliphatic heterocycles. The molecule has 4 heteroatoms. The third-order valence-corrected chi connectivity index (χ3v) is 3.36. The fourth-order valence-corrected chi connectivity index (χ4v) is 2.54. The van der Waals surface area contributed by atoms with E-state index in [-0.39, 0.29) is 5.70 Å². The minimum atomic E-state index is -0.405. The van der Waals surface area contributed by atoms with Crippen LogP contribution >= 0.6 is 0 Å². The zero-order chi connectivity index (χ0) is 10.9. The van der Waals surface area contributed by atoms with Crippen LogP contribution in [0.25, 0.3) is 0 Å². The van der Waals surface area contributed by atoms with Crippen LogP contribution in [0, 0.1) is 28.1 Å². The predicted octanol–water partition coefficient (Wildman–Crippen LogP) is 1.61. The molecule has 15 heavy (non-hydrogen) atoms. The van der Waals surface area contributed by atoms with Gasteiger partial charge < -0.3 is 5.73 Å². The second-order valence-electron chi connectivity index (χ2n) is 4.09. The number of amidine groups is 1. The van der Waals surface area contributed by atoms with E-state index in [1.807, 2.05) is 6.07 Å². The van der Waals surface area contributed by atoms with Gasteiger partial charge in [0.2, 0.25) is 0 Å². The minimum Gasteiger partial charge on any atom is -0.386 e. The van der Waals surface area contributed by atoms with Gasteiger partial charge in [-0.3, -0.25) is 0 Å². The first-order valence-electron chi connectivity index (χ1n) is 5.14. The Morgan fingerprint density at radius 3 is 2.33 bits per heavy atom. The molecule has 4 nitrogen and oxygen atoms in total. The summed E-state index contributed by atoms with van der Waals surface area (Å²) in [6, 6.07) is 4.07. The van der Waals surface area contributed by atoms with Crippen LogP contribution in [0.3, 0.4) is 0 Å². The molecule has 2 rings (SSSR count). The molecule has 0 unspecified atom stereocenters. The lowest BCUT2D eigenvalue weighted by molar-refractivity contribution is 0.342. The molecule has 1 saturated carbocycles. The van der Waals surface area contributed by atoms with E-state index >= 15 is 0 Å². The van der Waals surface area contributed by atoms with E-state index in [2.05, 4.69) is 11.1 Å². The van der Waals surface area contributed by atoms with E-state index in [9.17, 15) is 0 Å². The number of nitriles is 2. The van der Waals surface area contributed by atoms with Crippen molar-refractivity contribution in [3.05, 3.63) is 11.3 Å². The molecule has 1 fully saturated rings. The smallest absolute Gasteiger partial charge is 0.157 e. The second kappa shape index (κ2) is 3.40. The molecule has 0 saturated heterocycles. The van der Waals surface area contributed by atoms with Crippen molar-refractivity contribution in [2.45, 2.75) is 32.1 Å². The van der Waals surface area contributed by atoms with Gasteiger partial charge in [0.1, 0.15) is 11.9 Å². The van der Waals surface area contributed by atoms with Gasteiger partial charge in [-0.2, -0.15) is 10.5 Å². The Morgan fingerprint density at radius 1 is 1.13 bits per heavy atom. The Hall–Kier alpha value is -1.81. The molecule has 0 radical (unpaired) electrons. The van der Waals surface area contributed by atoms with Gasteiger partial charge in [0.15, 0.2) is 5.70 Å².